The molecule has 0 aliphatic carbocycles. The Hall–Kier alpha value is -1.55. The van der Waals surface area contributed by atoms with Crippen molar-refractivity contribution < 1.29 is 0 Å². The van der Waals surface area contributed by atoms with E-state index in [0.717, 1.165) is 20.8 Å². The smallest absolute Gasteiger partial charge is 0.272 e. The van der Waals surface area contributed by atoms with E-state index in [1.54, 1.807) is 6.20 Å². The first-order valence-electron chi connectivity index (χ1n) is 4.94. The number of para-hydroxylation sites is 1. The molecule has 0 radical (unpaired) electrons. The van der Waals surface area contributed by atoms with Crippen LogP contribution in [0.1, 0.15) is 0 Å². The number of nitrogens with zero attached hydrogens (tertiary/aromatic N) is 1. The largest absolute Gasteiger partial charge is 0.338 e. The fraction of sp³-hybridized carbons (Fsp3) is 0.0833. The minimum Gasteiger partial charge on any atom is -0.338 e. The average Bonchev–Trinajstić information content (AvgIpc) is 2.56. The Balaban J connectivity index is 2.76. The van der Waals surface area contributed by atoms with Crippen LogP contribution in [0.2, 0.25) is 0 Å². The average molecular weight is 277 g/mol. The topological polar surface area (TPSA) is 37.8 Å². The summed E-state index contributed by atoms with van der Waals surface area (Å²) in [7, 11) is 1.91. The van der Waals surface area contributed by atoms with E-state index in [0.29, 0.717) is 5.52 Å². The zero-order chi connectivity index (χ0) is 11.3. The van der Waals surface area contributed by atoms with Crippen LogP contribution in [0.5, 0.6) is 0 Å². The summed E-state index contributed by atoms with van der Waals surface area (Å²) in [6.45, 7) is 0. The van der Waals surface area contributed by atoms with E-state index in [1.807, 2.05) is 35.9 Å². The van der Waals surface area contributed by atoms with Crippen molar-refractivity contribution in [3.63, 3.8) is 0 Å². The molecule has 1 aromatic carbocycles. The molecule has 0 atom stereocenters. The second kappa shape index (κ2) is 3.22. The van der Waals surface area contributed by atoms with Crippen LogP contribution in [-0.2, 0) is 7.05 Å². The van der Waals surface area contributed by atoms with Crippen molar-refractivity contribution >= 4 is 37.7 Å². The SMILES string of the molecule is Cn1c2c(Br)cccc2c2cc[nH]c(=O)c21. The minimum absolute atomic E-state index is 0.0527. The van der Waals surface area contributed by atoms with E-state index in [2.05, 4.69) is 20.9 Å². The van der Waals surface area contributed by atoms with Crippen molar-refractivity contribution in [3.8, 4) is 0 Å². The van der Waals surface area contributed by atoms with Crippen molar-refractivity contribution in [2.75, 3.05) is 0 Å². The molecule has 0 spiro atoms. The number of hydrogen-bond acceptors (Lipinski definition) is 1. The van der Waals surface area contributed by atoms with Crippen molar-refractivity contribution in [2.24, 2.45) is 7.05 Å². The van der Waals surface area contributed by atoms with E-state index in [-0.39, 0.29) is 5.56 Å². The summed E-state index contributed by atoms with van der Waals surface area (Å²) < 4.78 is 2.93. The number of aromatic nitrogens is 2. The number of nitrogens with one attached hydrogen (secondary N) is 1. The molecule has 0 bridgehead atoms. The molecule has 1 N–H and O–H groups in total. The van der Waals surface area contributed by atoms with Gasteiger partial charge in [-0.15, -0.1) is 0 Å². The van der Waals surface area contributed by atoms with Gasteiger partial charge in [-0.2, -0.15) is 0 Å². The third-order valence-corrected chi connectivity index (χ3v) is 3.52. The van der Waals surface area contributed by atoms with Crippen molar-refractivity contribution in [1.82, 2.24) is 9.55 Å². The molecule has 2 heterocycles. The molecule has 4 heteroatoms. The number of aryl methyl sites for hydroxylation is 1. The Morgan fingerprint density at radius 3 is 2.75 bits per heavy atom. The fourth-order valence-electron chi connectivity index (χ4n) is 2.21. The summed E-state index contributed by atoms with van der Waals surface area (Å²) in [6, 6.07) is 7.93. The lowest BCUT2D eigenvalue weighted by Gasteiger charge is -1.98. The van der Waals surface area contributed by atoms with Crippen molar-refractivity contribution in [3.05, 3.63) is 45.3 Å². The van der Waals surface area contributed by atoms with Gasteiger partial charge < -0.3 is 9.55 Å². The number of benzene rings is 1. The van der Waals surface area contributed by atoms with Gasteiger partial charge in [-0.05, 0) is 28.1 Å². The van der Waals surface area contributed by atoms with Gasteiger partial charge in [0.25, 0.3) is 5.56 Å². The Morgan fingerprint density at radius 2 is 1.94 bits per heavy atom. The van der Waals surface area contributed by atoms with E-state index < -0.39 is 0 Å². The van der Waals surface area contributed by atoms with Crippen LogP contribution in [0.25, 0.3) is 21.8 Å². The highest BCUT2D eigenvalue weighted by atomic mass is 79.9. The maximum atomic E-state index is 11.8. The number of hydrogen-bond donors (Lipinski definition) is 1. The third-order valence-electron chi connectivity index (χ3n) is 2.88. The normalized spacial score (nSPS) is 11.4. The highest BCUT2D eigenvalue weighted by molar-refractivity contribution is 9.10. The maximum absolute atomic E-state index is 11.8. The summed E-state index contributed by atoms with van der Waals surface area (Å²) in [5.41, 5.74) is 1.71. The molecule has 0 fully saturated rings. The number of rotatable bonds is 0. The van der Waals surface area contributed by atoms with E-state index in [9.17, 15) is 4.79 Å². The van der Waals surface area contributed by atoms with Gasteiger partial charge in [0.05, 0.1) is 5.52 Å². The van der Waals surface area contributed by atoms with Gasteiger partial charge in [-0.1, -0.05) is 12.1 Å². The van der Waals surface area contributed by atoms with E-state index in [4.69, 9.17) is 0 Å². The summed E-state index contributed by atoms with van der Waals surface area (Å²) in [6.07, 6.45) is 1.69. The predicted octanol–water partition coefficient (Wildman–Crippen LogP) is 2.78. The van der Waals surface area contributed by atoms with Crippen LogP contribution in [0, 0.1) is 0 Å². The van der Waals surface area contributed by atoms with E-state index in [1.165, 1.54) is 0 Å². The van der Waals surface area contributed by atoms with Crippen molar-refractivity contribution in [1.29, 1.82) is 0 Å². The molecule has 3 nitrogen and oxygen atoms in total. The molecule has 0 aliphatic heterocycles. The van der Waals surface area contributed by atoms with Crippen LogP contribution in [-0.4, -0.2) is 9.55 Å². The molecule has 3 rings (SSSR count). The van der Waals surface area contributed by atoms with Gasteiger partial charge >= 0.3 is 0 Å². The van der Waals surface area contributed by atoms with Gasteiger partial charge in [0.1, 0.15) is 5.52 Å². The Labute approximate surface area is 99.8 Å². The standard InChI is InChI=1S/C12H9BrN2O/c1-15-10-7(3-2-4-9(10)13)8-5-6-14-12(16)11(8)15/h2-6H,1H3,(H,14,16). The zero-order valence-electron chi connectivity index (χ0n) is 8.62. The highest BCUT2D eigenvalue weighted by Gasteiger charge is 2.12. The van der Waals surface area contributed by atoms with Crippen LogP contribution in [0.15, 0.2) is 39.7 Å². The molecule has 80 valence electrons. The predicted molar refractivity (Wildman–Crippen MR) is 68.7 cm³/mol. The van der Waals surface area contributed by atoms with Crippen LogP contribution < -0.4 is 5.56 Å². The number of aromatic amines is 1. The highest BCUT2D eigenvalue weighted by Crippen LogP contribution is 2.30. The first-order valence-corrected chi connectivity index (χ1v) is 5.74. The molecular formula is C12H9BrN2O. The monoisotopic (exact) mass is 276 g/mol. The summed E-state index contributed by atoms with van der Waals surface area (Å²) in [5, 5.41) is 2.08. The summed E-state index contributed by atoms with van der Waals surface area (Å²) in [5.74, 6) is 0. The molecule has 0 amide bonds. The maximum Gasteiger partial charge on any atom is 0.272 e. The number of fused-ring (bicyclic) bond motifs is 3. The molecule has 0 saturated heterocycles. The Bertz CT molecular complexity index is 755. The molecule has 0 saturated carbocycles. The van der Waals surface area contributed by atoms with Gasteiger partial charge in [-0.25, -0.2) is 0 Å². The van der Waals surface area contributed by atoms with Gasteiger partial charge in [0, 0.05) is 28.5 Å². The van der Waals surface area contributed by atoms with Gasteiger partial charge in [0.15, 0.2) is 0 Å². The lowest BCUT2D eigenvalue weighted by atomic mass is 10.2. The second-order valence-electron chi connectivity index (χ2n) is 3.76. The minimum atomic E-state index is -0.0527. The van der Waals surface area contributed by atoms with Crippen molar-refractivity contribution in [2.45, 2.75) is 0 Å². The molecule has 0 aliphatic rings. The van der Waals surface area contributed by atoms with Crippen LogP contribution in [0.4, 0.5) is 0 Å². The number of H-pyrrole nitrogens is 1. The van der Waals surface area contributed by atoms with E-state index >= 15 is 0 Å². The third kappa shape index (κ3) is 1.10. The summed E-state index contributed by atoms with van der Waals surface area (Å²) in [4.78, 5) is 14.5. The molecular weight excluding hydrogens is 268 g/mol. The van der Waals surface area contributed by atoms with Gasteiger partial charge in [0.2, 0.25) is 0 Å². The lowest BCUT2D eigenvalue weighted by Crippen LogP contribution is -2.07. The Morgan fingerprint density at radius 1 is 1.19 bits per heavy atom. The summed E-state index contributed by atoms with van der Waals surface area (Å²) >= 11 is 3.52. The zero-order valence-corrected chi connectivity index (χ0v) is 10.2. The first kappa shape index (κ1) is 9.66. The van der Waals surface area contributed by atoms with Gasteiger partial charge in [-0.3, -0.25) is 4.79 Å². The second-order valence-corrected chi connectivity index (χ2v) is 4.62. The number of pyridine rings is 1. The number of halogens is 1. The first-order chi connectivity index (χ1) is 7.70. The fourth-order valence-corrected chi connectivity index (χ4v) is 2.84. The molecule has 16 heavy (non-hydrogen) atoms. The Kier molecular flexibility index (Phi) is 1.94. The quantitative estimate of drug-likeness (QED) is 0.674. The molecule has 2 aromatic heterocycles. The van der Waals surface area contributed by atoms with Crippen LogP contribution >= 0.6 is 15.9 Å². The molecule has 3 aromatic rings. The molecule has 0 unspecified atom stereocenters. The lowest BCUT2D eigenvalue weighted by molar-refractivity contribution is 0.997. The van der Waals surface area contributed by atoms with Crippen LogP contribution in [0.3, 0.4) is 0 Å².